The Morgan fingerprint density at radius 1 is 1.50 bits per heavy atom. The van der Waals surface area contributed by atoms with Crippen LogP contribution in [-0.2, 0) is 0 Å². The van der Waals surface area contributed by atoms with Gasteiger partial charge in [0, 0.05) is 6.07 Å². The summed E-state index contributed by atoms with van der Waals surface area (Å²) < 4.78 is 5.20. The molecule has 0 amide bonds. The molecule has 72 valence electrons. The van der Waals surface area contributed by atoms with E-state index < -0.39 is 0 Å². The molecule has 0 spiro atoms. The Kier molecular flexibility index (Phi) is 2.14. The van der Waals surface area contributed by atoms with Gasteiger partial charge < -0.3 is 9.72 Å². The van der Waals surface area contributed by atoms with Crippen molar-refractivity contribution in [3.8, 4) is 5.88 Å². The number of H-pyrrole nitrogens is 1. The van der Waals surface area contributed by atoms with Crippen molar-refractivity contribution >= 4 is 17.5 Å². The Labute approximate surface area is 80.1 Å². The lowest BCUT2D eigenvalue weighted by molar-refractivity contribution is 0.111. The number of aldehydes is 1. The largest absolute Gasteiger partial charge is 0.478 e. The third-order valence-electron chi connectivity index (χ3n) is 1.74. The summed E-state index contributed by atoms with van der Waals surface area (Å²) in [5, 5.41) is 0. The molecule has 5 heteroatoms. The van der Waals surface area contributed by atoms with Gasteiger partial charge in [0.25, 0.3) is 0 Å². The molecule has 0 atom stereocenters. The van der Waals surface area contributed by atoms with Crippen LogP contribution in [0.4, 0.5) is 0 Å². The molecule has 2 heterocycles. The van der Waals surface area contributed by atoms with E-state index in [1.54, 1.807) is 12.1 Å². The number of hydrogen-bond donors (Lipinski definition) is 1. The van der Waals surface area contributed by atoms with Gasteiger partial charge in [-0.05, 0) is 13.0 Å². The number of carbonyl (C=O) groups is 1. The number of nitrogens with zero attached hydrogens (tertiary/aromatic N) is 2. The van der Waals surface area contributed by atoms with Crippen molar-refractivity contribution in [1.82, 2.24) is 15.0 Å². The number of aromatic nitrogens is 3. The van der Waals surface area contributed by atoms with Gasteiger partial charge in [-0.15, -0.1) is 0 Å². The summed E-state index contributed by atoms with van der Waals surface area (Å²) in [6, 6.07) is 3.52. The average Bonchev–Trinajstić information content (AvgIpc) is 2.60. The second-order valence-corrected chi connectivity index (χ2v) is 2.69. The first-order valence-electron chi connectivity index (χ1n) is 4.28. The molecule has 14 heavy (non-hydrogen) atoms. The van der Waals surface area contributed by atoms with Crippen molar-refractivity contribution in [3.63, 3.8) is 0 Å². The van der Waals surface area contributed by atoms with Crippen LogP contribution in [0, 0.1) is 0 Å². The van der Waals surface area contributed by atoms with E-state index in [1.807, 2.05) is 6.92 Å². The fourth-order valence-electron chi connectivity index (χ4n) is 1.18. The number of pyridine rings is 1. The van der Waals surface area contributed by atoms with E-state index in [0.29, 0.717) is 24.4 Å². The Morgan fingerprint density at radius 3 is 3.07 bits per heavy atom. The molecule has 0 fully saturated rings. The van der Waals surface area contributed by atoms with E-state index in [-0.39, 0.29) is 5.82 Å². The molecule has 0 aliphatic heterocycles. The van der Waals surface area contributed by atoms with Gasteiger partial charge >= 0.3 is 0 Å². The van der Waals surface area contributed by atoms with Crippen LogP contribution in [0.1, 0.15) is 17.5 Å². The summed E-state index contributed by atoms with van der Waals surface area (Å²) in [4.78, 5) is 21.3. The molecule has 5 nitrogen and oxygen atoms in total. The first kappa shape index (κ1) is 8.68. The fraction of sp³-hybridized carbons (Fsp3) is 0.222. The second kappa shape index (κ2) is 3.45. The van der Waals surface area contributed by atoms with Crippen LogP contribution in [0.3, 0.4) is 0 Å². The number of fused-ring (bicyclic) bond motifs is 1. The summed E-state index contributed by atoms with van der Waals surface area (Å²) in [6.07, 6.45) is 0.655. The molecule has 0 aromatic carbocycles. The van der Waals surface area contributed by atoms with Gasteiger partial charge in [-0.3, -0.25) is 4.79 Å². The zero-order chi connectivity index (χ0) is 9.97. The maximum atomic E-state index is 10.4. The van der Waals surface area contributed by atoms with Crippen LogP contribution in [0.2, 0.25) is 0 Å². The lowest BCUT2D eigenvalue weighted by Crippen LogP contribution is -1.93. The standard InChI is InChI=1S/C9H9N3O2/c1-2-14-8-4-3-6-9(12-8)11-7(5-13)10-6/h3-5H,2H2,1H3,(H,10,11,12). The highest BCUT2D eigenvalue weighted by Crippen LogP contribution is 2.13. The monoisotopic (exact) mass is 191 g/mol. The molecular weight excluding hydrogens is 182 g/mol. The molecule has 2 aromatic heterocycles. The Hall–Kier alpha value is -1.91. The highest BCUT2D eigenvalue weighted by molar-refractivity contribution is 5.79. The maximum Gasteiger partial charge on any atom is 0.215 e. The zero-order valence-corrected chi connectivity index (χ0v) is 7.65. The molecular formula is C9H9N3O2. The Balaban J connectivity index is 2.48. The minimum Gasteiger partial charge on any atom is -0.478 e. The van der Waals surface area contributed by atoms with Crippen LogP contribution in [0.15, 0.2) is 12.1 Å². The van der Waals surface area contributed by atoms with Gasteiger partial charge in [0.1, 0.15) is 0 Å². The number of nitrogens with one attached hydrogen (secondary N) is 1. The molecule has 0 radical (unpaired) electrons. The van der Waals surface area contributed by atoms with Crippen LogP contribution >= 0.6 is 0 Å². The van der Waals surface area contributed by atoms with E-state index in [2.05, 4.69) is 15.0 Å². The SMILES string of the molecule is CCOc1ccc2[nH]c(C=O)nc2n1. The Bertz CT molecular complexity index is 464. The smallest absolute Gasteiger partial charge is 0.215 e. The summed E-state index contributed by atoms with van der Waals surface area (Å²) in [7, 11) is 0. The fourth-order valence-corrected chi connectivity index (χ4v) is 1.18. The number of aromatic amines is 1. The predicted molar refractivity (Wildman–Crippen MR) is 50.4 cm³/mol. The summed E-state index contributed by atoms with van der Waals surface area (Å²) in [5.74, 6) is 0.796. The number of carbonyl (C=O) groups excluding carboxylic acids is 1. The molecule has 2 aromatic rings. The number of ether oxygens (including phenoxy) is 1. The third-order valence-corrected chi connectivity index (χ3v) is 1.74. The van der Waals surface area contributed by atoms with Crippen molar-refractivity contribution in [2.75, 3.05) is 6.61 Å². The summed E-state index contributed by atoms with van der Waals surface area (Å²) in [6.45, 7) is 2.44. The predicted octanol–water partition coefficient (Wildman–Crippen LogP) is 1.17. The second-order valence-electron chi connectivity index (χ2n) is 2.69. The highest BCUT2D eigenvalue weighted by Gasteiger charge is 2.04. The number of hydrogen-bond acceptors (Lipinski definition) is 4. The van der Waals surface area contributed by atoms with Gasteiger partial charge in [0.15, 0.2) is 17.8 Å². The van der Waals surface area contributed by atoms with Crippen molar-refractivity contribution in [1.29, 1.82) is 0 Å². The summed E-state index contributed by atoms with van der Waals surface area (Å²) in [5.41, 5.74) is 1.23. The van der Waals surface area contributed by atoms with Crippen LogP contribution in [0.5, 0.6) is 5.88 Å². The maximum absolute atomic E-state index is 10.4. The van der Waals surface area contributed by atoms with E-state index >= 15 is 0 Å². The number of rotatable bonds is 3. The van der Waals surface area contributed by atoms with Crippen LogP contribution < -0.4 is 4.74 Å². The lowest BCUT2D eigenvalue weighted by Gasteiger charge is -1.99. The van der Waals surface area contributed by atoms with Gasteiger partial charge in [-0.1, -0.05) is 0 Å². The van der Waals surface area contributed by atoms with Crippen LogP contribution in [-0.4, -0.2) is 27.8 Å². The molecule has 0 saturated heterocycles. The van der Waals surface area contributed by atoms with E-state index in [0.717, 1.165) is 5.52 Å². The normalized spacial score (nSPS) is 10.4. The van der Waals surface area contributed by atoms with Gasteiger partial charge in [-0.25, -0.2) is 4.98 Å². The Morgan fingerprint density at radius 2 is 2.36 bits per heavy atom. The third kappa shape index (κ3) is 1.44. The minimum atomic E-state index is 0.279. The van der Waals surface area contributed by atoms with Crippen molar-refractivity contribution in [3.05, 3.63) is 18.0 Å². The molecule has 0 bridgehead atoms. The van der Waals surface area contributed by atoms with E-state index in [9.17, 15) is 4.79 Å². The van der Waals surface area contributed by atoms with E-state index in [1.165, 1.54) is 0 Å². The first-order chi connectivity index (χ1) is 6.83. The molecule has 1 N–H and O–H groups in total. The van der Waals surface area contributed by atoms with E-state index in [4.69, 9.17) is 4.74 Å². The van der Waals surface area contributed by atoms with Crippen molar-refractivity contribution in [2.45, 2.75) is 6.92 Å². The highest BCUT2D eigenvalue weighted by atomic mass is 16.5. The average molecular weight is 191 g/mol. The van der Waals surface area contributed by atoms with Gasteiger partial charge in [-0.2, -0.15) is 4.98 Å². The molecule has 0 saturated carbocycles. The van der Waals surface area contributed by atoms with Gasteiger partial charge in [0.05, 0.1) is 12.1 Å². The lowest BCUT2D eigenvalue weighted by atomic mass is 10.4. The van der Waals surface area contributed by atoms with Crippen molar-refractivity contribution in [2.24, 2.45) is 0 Å². The minimum absolute atomic E-state index is 0.279. The molecule has 0 aliphatic rings. The quantitative estimate of drug-likeness (QED) is 0.739. The topological polar surface area (TPSA) is 67.9 Å². The number of imidazole rings is 1. The van der Waals surface area contributed by atoms with Crippen molar-refractivity contribution < 1.29 is 9.53 Å². The molecule has 0 aliphatic carbocycles. The zero-order valence-electron chi connectivity index (χ0n) is 7.65. The van der Waals surface area contributed by atoms with Gasteiger partial charge in [0.2, 0.25) is 5.88 Å². The first-order valence-corrected chi connectivity index (χ1v) is 4.28. The summed E-state index contributed by atoms with van der Waals surface area (Å²) >= 11 is 0. The molecule has 0 unspecified atom stereocenters. The van der Waals surface area contributed by atoms with Crippen LogP contribution in [0.25, 0.3) is 11.2 Å². The molecule has 2 rings (SSSR count).